The van der Waals surface area contributed by atoms with Gasteiger partial charge < -0.3 is 9.47 Å². The topological polar surface area (TPSA) is 52.6 Å². The van der Waals surface area contributed by atoms with Crippen LogP contribution in [0.3, 0.4) is 0 Å². The van der Waals surface area contributed by atoms with E-state index in [1.165, 1.54) is 0 Å². The van der Waals surface area contributed by atoms with Crippen molar-refractivity contribution in [3.63, 3.8) is 0 Å². The predicted molar refractivity (Wildman–Crippen MR) is 86.5 cm³/mol. The zero-order chi connectivity index (χ0) is 15.7. The van der Waals surface area contributed by atoms with Crippen LogP contribution in [0.4, 0.5) is 0 Å². The summed E-state index contributed by atoms with van der Waals surface area (Å²) in [6, 6.07) is 11.0. The molecule has 0 bridgehead atoms. The number of hydrogen-bond acceptors (Lipinski definition) is 4. The average molecular weight is 426 g/mol. The Balaban J connectivity index is 0.000000131. The van der Waals surface area contributed by atoms with E-state index in [0.717, 1.165) is 20.1 Å². The second-order valence-corrected chi connectivity index (χ2v) is 6.59. The number of halogens is 2. The first-order chi connectivity index (χ1) is 10.5. The van der Waals surface area contributed by atoms with Crippen LogP contribution in [0.2, 0.25) is 0 Å². The number of esters is 2. The summed E-state index contributed by atoms with van der Waals surface area (Å²) in [7, 11) is 0. The molecule has 4 rings (SSSR count). The van der Waals surface area contributed by atoms with Gasteiger partial charge in [-0.15, -0.1) is 0 Å². The third kappa shape index (κ3) is 3.08. The molecule has 0 aromatic heterocycles. The molecule has 0 unspecified atom stereocenters. The summed E-state index contributed by atoms with van der Waals surface area (Å²) >= 11 is 6.64. The molecule has 0 saturated heterocycles. The van der Waals surface area contributed by atoms with Gasteiger partial charge in [0, 0.05) is 20.1 Å². The number of carbonyl (C=O) groups is 2. The molecule has 2 aromatic rings. The van der Waals surface area contributed by atoms with Crippen LogP contribution in [-0.2, 0) is 22.7 Å². The monoisotopic (exact) mass is 424 g/mol. The quantitative estimate of drug-likeness (QED) is 0.592. The maximum Gasteiger partial charge on any atom is 0.338 e. The largest absolute Gasteiger partial charge is 0.457 e. The van der Waals surface area contributed by atoms with E-state index in [1.807, 2.05) is 24.3 Å². The molecule has 4 nitrogen and oxygen atoms in total. The standard InChI is InChI=1S/2C8H5BrO2/c2*9-6-1-2-7-5(3-6)4-11-8(7)10/h2*1-3H,4H2. The zero-order valence-corrected chi connectivity index (χ0v) is 14.4. The maximum atomic E-state index is 10.9. The Morgan fingerprint density at radius 1 is 0.727 bits per heavy atom. The first-order valence-corrected chi connectivity index (χ1v) is 8.04. The highest BCUT2D eigenvalue weighted by molar-refractivity contribution is 9.10. The molecule has 0 spiro atoms. The number of fused-ring (bicyclic) bond motifs is 2. The van der Waals surface area contributed by atoms with Gasteiger partial charge in [-0.05, 0) is 36.4 Å². The van der Waals surface area contributed by atoms with Crippen molar-refractivity contribution >= 4 is 43.8 Å². The van der Waals surface area contributed by atoms with Crippen molar-refractivity contribution in [2.75, 3.05) is 0 Å². The molecule has 2 aromatic carbocycles. The van der Waals surface area contributed by atoms with Crippen molar-refractivity contribution in [1.29, 1.82) is 0 Å². The number of cyclic esters (lactones) is 2. The van der Waals surface area contributed by atoms with E-state index in [4.69, 9.17) is 9.47 Å². The second kappa shape index (κ2) is 6.22. The molecule has 2 aliphatic rings. The Hall–Kier alpha value is -1.66. The van der Waals surface area contributed by atoms with Gasteiger partial charge in [-0.3, -0.25) is 0 Å². The van der Waals surface area contributed by atoms with E-state index in [-0.39, 0.29) is 11.9 Å². The van der Waals surface area contributed by atoms with Gasteiger partial charge in [0.1, 0.15) is 13.2 Å². The lowest BCUT2D eigenvalue weighted by Crippen LogP contribution is -1.92. The van der Waals surface area contributed by atoms with Gasteiger partial charge in [0.15, 0.2) is 0 Å². The van der Waals surface area contributed by atoms with Crippen LogP contribution in [0.1, 0.15) is 31.8 Å². The predicted octanol–water partition coefficient (Wildman–Crippen LogP) is 4.24. The molecule has 6 heteroatoms. The molecule has 0 amide bonds. The van der Waals surface area contributed by atoms with Crippen molar-refractivity contribution < 1.29 is 19.1 Å². The average Bonchev–Trinajstić information content (AvgIpc) is 3.03. The Labute approximate surface area is 143 Å². The first-order valence-electron chi connectivity index (χ1n) is 6.45. The van der Waals surface area contributed by atoms with Gasteiger partial charge in [0.05, 0.1) is 11.1 Å². The lowest BCUT2D eigenvalue weighted by atomic mass is 10.1. The van der Waals surface area contributed by atoms with Crippen molar-refractivity contribution in [3.8, 4) is 0 Å². The lowest BCUT2D eigenvalue weighted by molar-refractivity contribution is 0.0526. The molecule has 0 fully saturated rings. The van der Waals surface area contributed by atoms with Crippen LogP contribution < -0.4 is 0 Å². The van der Waals surface area contributed by atoms with Gasteiger partial charge in [-0.1, -0.05) is 31.9 Å². The minimum absolute atomic E-state index is 0.215. The van der Waals surface area contributed by atoms with E-state index >= 15 is 0 Å². The van der Waals surface area contributed by atoms with Crippen LogP contribution in [0, 0.1) is 0 Å². The fourth-order valence-corrected chi connectivity index (χ4v) is 3.02. The van der Waals surface area contributed by atoms with Crippen LogP contribution in [-0.4, -0.2) is 11.9 Å². The fourth-order valence-electron chi connectivity index (χ4n) is 2.20. The maximum absolute atomic E-state index is 10.9. The summed E-state index contributed by atoms with van der Waals surface area (Å²) < 4.78 is 11.6. The highest BCUT2D eigenvalue weighted by Crippen LogP contribution is 2.24. The third-order valence-electron chi connectivity index (χ3n) is 3.29. The SMILES string of the molecule is O=C1OCc2cc(Br)ccc21.O=C1OCc2cc(Br)ccc21. The smallest absolute Gasteiger partial charge is 0.338 e. The van der Waals surface area contributed by atoms with E-state index in [2.05, 4.69) is 31.9 Å². The third-order valence-corrected chi connectivity index (χ3v) is 4.28. The number of rotatable bonds is 0. The van der Waals surface area contributed by atoms with Crippen LogP contribution in [0.25, 0.3) is 0 Å². The minimum atomic E-state index is -0.215. The highest BCUT2D eigenvalue weighted by Gasteiger charge is 2.20. The van der Waals surface area contributed by atoms with Gasteiger partial charge in [-0.2, -0.15) is 0 Å². The summed E-state index contributed by atoms with van der Waals surface area (Å²) in [6.07, 6.45) is 0. The molecule has 112 valence electrons. The Morgan fingerprint density at radius 3 is 1.55 bits per heavy atom. The van der Waals surface area contributed by atoms with E-state index in [1.54, 1.807) is 12.1 Å². The Morgan fingerprint density at radius 2 is 1.14 bits per heavy atom. The number of benzene rings is 2. The Bertz CT molecular complexity index is 705. The molecule has 2 aliphatic heterocycles. The van der Waals surface area contributed by atoms with Crippen molar-refractivity contribution in [2.24, 2.45) is 0 Å². The summed E-state index contributed by atoms with van der Waals surface area (Å²) in [5, 5.41) is 0. The van der Waals surface area contributed by atoms with Crippen LogP contribution in [0.5, 0.6) is 0 Å². The van der Waals surface area contributed by atoms with E-state index in [0.29, 0.717) is 24.3 Å². The zero-order valence-electron chi connectivity index (χ0n) is 11.3. The number of carbonyl (C=O) groups excluding carboxylic acids is 2. The van der Waals surface area contributed by atoms with Gasteiger partial charge in [-0.25, -0.2) is 9.59 Å². The molecule has 0 radical (unpaired) electrons. The summed E-state index contributed by atoms with van der Waals surface area (Å²) in [5.74, 6) is -0.431. The number of hydrogen-bond donors (Lipinski definition) is 0. The van der Waals surface area contributed by atoms with Crippen molar-refractivity contribution in [2.45, 2.75) is 13.2 Å². The first kappa shape index (κ1) is 15.2. The lowest BCUT2D eigenvalue weighted by Gasteiger charge is -1.92. The molecule has 0 saturated carbocycles. The molecular formula is C16H10Br2O4. The minimum Gasteiger partial charge on any atom is -0.457 e. The Kier molecular flexibility index (Phi) is 4.31. The molecule has 22 heavy (non-hydrogen) atoms. The van der Waals surface area contributed by atoms with Crippen LogP contribution in [0.15, 0.2) is 45.3 Å². The van der Waals surface area contributed by atoms with Gasteiger partial charge in [0.25, 0.3) is 0 Å². The second-order valence-electron chi connectivity index (χ2n) is 4.76. The van der Waals surface area contributed by atoms with Crippen molar-refractivity contribution in [1.82, 2.24) is 0 Å². The molecule has 0 aliphatic carbocycles. The molecule has 0 N–H and O–H groups in total. The number of ether oxygens (including phenoxy) is 2. The molecule has 0 atom stereocenters. The highest BCUT2D eigenvalue weighted by atomic mass is 79.9. The normalized spacial score (nSPS) is 14.5. The van der Waals surface area contributed by atoms with Gasteiger partial charge in [0.2, 0.25) is 0 Å². The summed E-state index contributed by atoms with van der Waals surface area (Å²) in [6.45, 7) is 0.821. The summed E-state index contributed by atoms with van der Waals surface area (Å²) in [5.41, 5.74) is 3.30. The fraction of sp³-hybridized carbons (Fsp3) is 0.125. The molecule has 2 heterocycles. The summed E-state index contributed by atoms with van der Waals surface area (Å²) in [4.78, 5) is 21.9. The van der Waals surface area contributed by atoms with Crippen LogP contribution >= 0.6 is 31.9 Å². The van der Waals surface area contributed by atoms with E-state index < -0.39 is 0 Å². The van der Waals surface area contributed by atoms with Gasteiger partial charge >= 0.3 is 11.9 Å². The molecular weight excluding hydrogens is 416 g/mol. The van der Waals surface area contributed by atoms with Crippen molar-refractivity contribution in [3.05, 3.63) is 67.6 Å². The van der Waals surface area contributed by atoms with E-state index in [9.17, 15) is 9.59 Å².